The summed E-state index contributed by atoms with van der Waals surface area (Å²) in [6.07, 6.45) is 3.44. The van der Waals surface area contributed by atoms with Crippen LogP contribution in [0.2, 0.25) is 0 Å². The van der Waals surface area contributed by atoms with Crippen molar-refractivity contribution in [1.82, 2.24) is 9.97 Å². The molecule has 1 rings (SSSR count). The minimum Gasteiger partial charge on any atom is -0.394 e. The van der Waals surface area contributed by atoms with Crippen molar-refractivity contribution in [3.63, 3.8) is 0 Å². The van der Waals surface area contributed by atoms with Crippen LogP contribution in [0.5, 0.6) is 0 Å². The lowest BCUT2D eigenvalue weighted by atomic mass is 10.3. The third-order valence-electron chi connectivity index (χ3n) is 1.70. The highest BCUT2D eigenvalue weighted by molar-refractivity contribution is 5.25. The van der Waals surface area contributed by atoms with Gasteiger partial charge in [0, 0.05) is 19.5 Å². The van der Waals surface area contributed by atoms with E-state index in [-0.39, 0.29) is 12.6 Å². The van der Waals surface area contributed by atoms with Crippen molar-refractivity contribution >= 4 is 5.95 Å². The molecule has 0 radical (unpaired) electrons. The van der Waals surface area contributed by atoms with Crippen LogP contribution in [0.3, 0.4) is 0 Å². The monoisotopic (exact) mass is 197 g/mol. The molecule has 0 fully saturated rings. The summed E-state index contributed by atoms with van der Waals surface area (Å²) >= 11 is 0. The molecule has 1 atom stereocenters. The standard InChI is InChI=1S/C9H15N3O2/c1-7-3-10-9(11-4-7)12-8(5-13)6-14-2/h3-4,8,13H,5-6H2,1-2H3,(H,10,11,12). The Balaban J connectivity index is 2.53. The number of aliphatic hydroxyl groups is 1. The van der Waals surface area contributed by atoms with Crippen LogP contribution in [0.4, 0.5) is 5.95 Å². The van der Waals surface area contributed by atoms with Crippen LogP contribution in [-0.2, 0) is 4.74 Å². The Labute approximate surface area is 83.2 Å². The number of rotatable bonds is 5. The van der Waals surface area contributed by atoms with Gasteiger partial charge in [-0.15, -0.1) is 0 Å². The first-order valence-corrected chi connectivity index (χ1v) is 4.41. The van der Waals surface area contributed by atoms with E-state index >= 15 is 0 Å². The van der Waals surface area contributed by atoms with Gasteiger partial charge in [-0.2, -0.15) is 0 Å². The molecule has 0 aliphatic carbocycles. The van der Waals surface area contributed by atoms with Gasteiger partial charge in [0.15, 0.2) is 0 Å². The predicted molar refractivity (Wildman–Crippen MR) is 53.1 cm³/mol. The van der Waals surface area contributed by atoms with Crippen molar-refractivity contribution in [2.24, 2.45) is 0 Å². The Morgan fingerprint density at radius 1 is 1.50 bits per heavy atom. The molecule has 5 nitrogen and oxygen atoms in total. The van der Waals surface area contributed by atoms with Gasteiger partial charge in [-0.3, -0.25) is 0 Å². The molecule has 0 saturated heterocycles. The molecular formula is C9H15N3O2. The number of hydrogen-bond acceptors (Lipinski definition) is 5. The number of aryl methyl sites for hydroxylation is 1. The molecule has 1 unspecified atom stereocenters. The number of aliphatic hydroxyl groups excluding tert-OH is 1. The molecule has 14 heavy (non-hydrogen) atoms. The fourth-order valence-electron chi connectivity index (χ4n) is 0.991. The highest BCUT2D eigenvalue weighted by atomic mass is 16.5. The number of nitrogens with one attached hydrogen (secondary N) is 1. The van der Waals surface area contributed by atoms with E-state index in [0.717, 1.165) is 5.56 Å². The minimum absolute atomic E-state index is 0.00885. The summed E-state index contributed by atoms with van der Waals surface area (Å²) in [5.41, 5.74) is 1.00. The highest BCUT2D eigenvalue weighted by Crippen LogP contribution is 2.00. The third-order valence-corrected chi connectivity index (χ3v) is 1.70. The van der Waals surface area contributed by atoms with Gasteiger partial charge in [0.1, 0.15) is 0 Å². The summed E-state index contributed by atoms with van der Waals surface area (Å²) in [6.45, 7) is 2.33. The number of anilines is 1. The summed E-state index contributed by atoms with van der Waals surface area (Å²) in [4.78, 5) is 8.12. The maximum absolute atomic E-state index is 8.97. The predicted octanol–water partition coefficient (Wildman–Crippen LogP) is 0.204. The lowest BCUT2D eigenvalue weighted by Gasteiger charge is -2.14. The maximum atomic E-state index is 8.97. The first kappa shape index (κ1) is 10.9. The zero-order chi connectivity index (χ0) is 10.4. The zero-order valence-corrected chi connectivity index (χ0v) is 8.40. The second kappa shape index (κ2) is 5.51. The normalized spacial score (nSPS) is 12.5. The largest absolute Gasteiger partial charge is 0.394 e. The molecule has 0 amide bonds. The van der Waals surface area contributed by atoms with Gasteiger partial charge < -0.3 is 15.2 Å². The molecule has 2 N–H and O–H groups in total. The number of ether oxygens (including phenoxy) is 1. The molecule has 0 spiro atoms. The summed E-state index contributed by atoms with van der Waals surface area (Å²) in [7, 11) is 1.58. The fourth-order valence-corrected chi connectivity index (χ4v) is 0.991. The van der Waals surface area contributed by atoms with Gasteiger partial charge in [0.25, 0.3) is 0 Å². The van der Waals surface area contributed by atoms with Crippen LogP contribution in [-0.4, -0.2) is 41.4 Å². The van der Waals surface area contributed by atoms with Gasteiger partial charge in [0.05, 0.1) is 19.3 Å². The van der Waals surface area contributed by atoms with Gasteiger partial charge in [-0.25, -0.2) is 9.97 Å². The van der Waals surface area contributed by atoms with Gasteiger partial charge in [0.2, 0.25) is 5.95 Å². The minimum atomic E-state index is -0.164. The summed E-state index contributed by atoms with van der Waals surface area (Å²) in [5, 5.41) is 11.9. The van der Waals surface area contributed by atoms with E-state index in [1.165, 1.54) is 0 Å². The van der Waals surface area contributed by atoms with E-state index in [2.05, 4.69) is 15.3 Å². The van der Waals surface area contributed by atoms with Crippen LogP contribution in [0, 0.1) is 6.92 Å². The lowest BCUT2D eigenvalue weighted by Crippen LogP contribution is -2.29. The van der Waals surface area contributed by atoms with Crippen LogP contribution < -0.4 is 5.32 Å². The molecule has 1 aromatic rings. The van der Waals surface area contributed by atoms with Crippen LogP contribution in [0.25, 0.3) is 0 Å². The van der Waals surface area contributed by atoms with Gasteiger partial charge in [-0.05, 0) is 12.5 Å². The highest BCUT2D eigenvalue weighted by Gasteiger charge is 2.07. The summed E-state index contributed by atoms with van der Waals surface area (Å²) in [6, 6.07) is -0.164. The van der Waals surface area contributed by atoms with Crippen molar-refractivity contribution in [1.29, 1.82) is 0 Å². The van der Waals surface area contributed by atoms with Crippen molar-refractivity contribution in [2.45, 2.75) is 13.0 Å². The second-order valence-electron chi connectivity index (χ2n) is 3.06. The Morgan fingerprint density at radius 3 is 2.64 bits per heavy atom. The first-order valence-electron chi connectivity index (χ1n) is 4.41. The number of aromatic nitrogens is 2. The SMILES string of the molecule is COCC(CO)Nc1ncc(C)cn1. The van der Waals surface area contributed by atoms with Crippen molar-refractivity contribution in [2.75, 3.05) is 25.6 Å². The molecule has 78 valence electrons. The van der Waals surface area contributed by atoms with E-state index < -0.39 is 0 Å². The Morgan fingerprint density at radius 2 is 2.14 bits per heavy atom. The molecule has 5 heteroatoms. The zero-order valence-electron chi connectivity index (χ0n) is 8.40. The number of methoxy groups -OCH3 is 1. The summed E-state index contributed by atoms with van der Waals surface area (Å²) < 4.78 is 4.91. The van der Waals surface area contributed by atoms with E-state index in [4.69, 9.17) is 9.84 Å². The quantitative estimate of drug-likeness (QED) is 0.706. The van der Waals surface area contributed by atoms with Gasteiger partial charge in [-0.1, -0.05) is 0 Å². The molecule has 0 saturated carbocycles. The van der Waals surface area contributed by atoms with E-state index in [0.29, 0.717) is 12.6 Å². The van der Waals surface area contributed by atoms with E-state index in [1.54, 1.807) is 19.5 Å². The topological polar surface area (TPSA) is 67.3 Å². The lowest BCUT2D eigenvalue weighted by molar-refractivity contribution is 0.153. The smallest absolute Gasteiger partial charge is 0.222 e. The molecule has 0 aromatic carbocycles. The second-order valence-corrected chi connectivity index (χ2v) is 3.06. The average Bonchev–Trinajstić information content (AvgIpc) is 2.20. The molecule has 0 aliphatic heterocycles. The third kappa shape index (κ3) is 3.27. The van der Waals surface area contributed by atoms with Crippen molar-refractivity contribution in [3.05, 3.63) is 18.0 Å². The Kier molecular flexibility index (Phi) is 4.28. The first-order chi connectivity index (χ1) is 6.76. The average molecular weight is 197 g/mol. The molecule has 1 heterocycles. The molecule has 0 aliphatic rings. The Hall–Kier alpha value is -1.20. The van der Waals surface area contributed by atoms with Crippen molar-refractivity contribution in [3.8, 4) is 0 Å². The van der Waals surface area contributed by atoms with E-state index in [1.807, 2.05) is 6.92 Å². The molecule has 0 bridgehead atoms. The van der Waals surface area contributed by atoms with Crippen LogP contribution >= 0.6 is 0 Å². The summed E-state index contributed by atoms with van der Waals surface area (Å²) in [5.74, 6) is 0.506. The maximum Gasteiger partial charge on any atom is 0.222 e. The van der Waals surface area contributed by atoms with Crippen molar-refractivity contribution < 1.29 is 9.84 Å². The van der Waals surface area contributed by atoms with E-state index in [9.17, 15) is 0 Å². The fraction of sp³-hybridized carbons (Fsp3) is 0.556. The Bertz CT molecular complexity index is 263. The molecule has 1 aromatic heterocycles. The number of nitrogens with zero attached hydrogens (tertiary/aromatic N) is 2. The van der Waals surface area contributed by atoms with Gasteiger partial charge >= 0.3 is 0 Å². The van der Waals surface area contributed by atoms with Crippen LogP contribution in [0.1, 0.15) is 5.56 Å². The molecular weight excluding hydrogens is 182 g/mol. The van der Waals surface area contributed by atoms with Crippen LogP contribution in [0.15, 0.2) is 12.4 Å². The number of hydrogen-bond donors (Lipinski definition) is 2.